The molecule has 0 N–H and O–H groups in total. The molecule has 0 fully saturated rings. The average Bonchev–Trinajstić information content (AvgIpc) is 3.31. The van der Waals surface area contributed by atoms with Crippen molar-refractivity contribution in [2.24, 2.45) is 0 Å². The first-order chi connectivity index (χ1) is 16.6. The molecule has 0 spiro atoms. The maximum Gasteiger partial charge on any atom is 0.345 e. The second-order valence-corrected chi connectivity index (χ2v) is 7.59. The minimum Gasteiger partial charge on any atom is -0.422 e. The van der Waals surface area contributed by atoms with Gasteiger partial charge in [0, 0.05) is 22.7 Å². The first kappa shape index (κ1) is 20.9. The van der Waals surface area contributed by atoms with Crippen LogP contribution in [0.15, 0.2) is 106 Å². The minimum absolute atomic E-state index is 0.263. The van der Waals surface area contributed by atoms with Crippen LogP contribution >= 0.6 is 0 Å². The highest BCUT2D eigenvalue weighted by Crippen LogP contribution is 2.25. The topological polar surface area (TPSA) is 88.9 Å². The Balaban J connectivity index is 1.62. The lowest BCUT2D eigenvalue weighted by Gasteiger charge is -2.01. The lowest BCUT2D eigenvalue weighted by Crippen LogP contribution is -2.04. The molecule has 0 radical (unpaired) electrons. The molecule has 0 amide bonds. The molecule has 5 rings (SSSR count). The lowest BCUT2D eigenvalue weighted by molar-refractivity contribution is 0.104. The van der Waals surface area contributed by atoms with Gasteiger partial charge in [-0.05, 0) is 48.6 Å². The summed E-state index contributed by atoms with van der Waals surface area (Å²) < 4.78 is 7.17. The van der Waals surface area contributed by atoms with Crippen LogP contribution in [0.25, 0.3) is 34.0 Å². The van der Waals surface area contributed by atoms with Crippen LogP contribution in [0.1, 0.15) is 21.5 Å². The maximum atomic E-state index is 12.8. The first-order valence-corrected chi connectivity index (χ1v) is 10.5. The summed E-state index contributed by atoms with van der Waals surface area (Å²) in [6, 6.07) is 27.0. The van der Waals surface area contributed by atoms with Crippen LogP contribution in [0.2, 0.25) is 0 Å². The van der Waals surface area contributed by atoms with E-state index in [0.29, 0.717) is 33.5 Å². The molecular weight excluding hydrogens is 426 g/mol. The predicted molar refractivity (Wildman–Crippen MR) is 130 cm³/mol. The third-order valence-corrected chi connectivity index (χ3v) is 5.35. The van der Waals surface area contributed by atoms with Crippen molar-refractivity contribution >= 4 is 22.8 Å². The van der Waals surface area contributed by atoms with Crippen LogP contribution in [0.4, 0.5) is 0 Å². The van der Waals surface area contributed by atoms with Crippen molar-refractivity contribution < 1.29 is 9.21 Å². The number of hydrogen-bond donors (Lipinski definition) is 0. The predicted octanol–water partition coefficient (Wildman–Crippen LogP) is 5.41. The molecule has 5 aromatic rings. The summed E-state index contributed by atoms with van der Waals surface area (Å²) in [5.41, 5.74) is 2.87. The van der Waals surface area contributed by atoms with Crippen LogP contribution in [-0.4, -0.2) is 15.6 Å². The Morgan fingerprint density at radius 1 is 0.971 bits per heavy atom. The number of rotatable bonds is 5. The van der Waals surface area contributed by atoms with E-state index in [1.54, 1.807) is 59.4 Å². The summed E-state index contributed by atoms with van der Waals surface area (Å²) in [5, 5.41) is 14.5. The van der Waals surface area contributed by atoms with E-state index in [-0.39, 0.29) is 5.78 Å². The van der Waals surface area contributed by atoms with Gasteiger partial charge in [0.1, 0.15) is 11.3 Å². The van der Waals surface area contributed by atoms with Crippen molar-refractivity contribution in [3.8, 4) is 23.0 Å². The van der Waals surface area contributed by atoms with Crippen LogP contribution in [0, 0.1) is 11.3 Å². The van der Waals surface area contributed by atoms with Gasteiger partial charge in [-0.2, -0.15) is 10.4 Å². The number of hydrogen-bond acceptors (Lipinski definition) is 5. The van der Waals surface area contributed by atoms with Crippen molar-refractivity contribution in [2.75, 3.05) is 0 Å². The Bertz CT molecular complexity index is 1650. The van der Waals surface area contributed by atoms with E-state index in [9.17, 15) is 9.59 Å². The number of para-hydroxylation sites is 2. The first-order valence-electron chi connectivity index (χ1n) is 10.5. The Hall–Kier alpha value is -5.02. The molecule has 0 aliphatic rings. The minimum atomic E-state index is -0.514. The normalized spacial score (nSPS) is 11.0. The Kier molecular flexibility index (Phi) is 5.43. The number of benzene rings is 3. The lowest BCUT2D eigenvalue weighted by atomic mass is 10.0. The van der Waals surface area contributed by atoms with Gasteiger partial charge in [-0.3, -0.25) is 4.79 Å². The number of carbonyl (C=O) groups is 1. The molecule has 6 nitrogen and oxygen atoms in total. The van der Waals surface area contributed by atoms with E-state index >= 15 is 0 Å². The summed E-state index contributed by atoms with van der Waals surface area (Å²) >= 11 is 0. The van der Waals surface area contributed by atoms with Gasteiger partial charge in [0.15, 0.2) is 5.78 Å². The van der Waals surface area contributed by atoms with Crippen molar-refractivity contribution in [1.82, 2.24) is 9.78 Å². The highest BCUT2D eigenvalue weighted by molar-refractivity contribution is 6.07. The summed E-state index contributed by atoms with van der Waals surface area (Å²) in [5.74, 6) is -0.263. The highest BCUT2D eigenvalue weighted by atomic mass is 16.4. The van der Waals surface area contributed by atoms with Gasteiger partial charge in [-0.1, -0.05) is 48.5 Å². The number of nitriles is 1. The molecule has 2 heterocycles. The molecule has 6 heteroatoms. The fourth-order valence-corrected chi connectivity index (χ4v) is 3.66. The number of allylic oxidation sites excluding steroid dienone is 1. The molecule has 2 aromatic heterocycles. The van der Waals surface area contributed by atoms with E-state index in [1.807, 2.05) is 48.5 Å². The molecule has 0 atom stereocenters. The zero-order chi connectivity index (χ0) is 23.5. The highest BCUT2D eigenvalue weighted by Gasteiger charge is 2.16. The van der Waals surface area contributed by atoms with Gasteiger partial charge in [-0.15, -0.1) is 0 Å². The Morgan fingerprint density at radius 2 is 1.76 bits per heavy atom. The van der Waals surface area contributed by atoms with Crippen molar-refractivity contribution in [2.45, 2.75) is 0 Å². The second kappa shape index (κ2) is 8.85. The van der Waals surface area contributed by atoms with Gasteiger partial charge in [0.05, 0.1) is 22.9 Å². The van der Waals surface area contributed by atoms with Crippen LogP contribution < -0.4 is 5.63 Å². The second-order valence-electron chi connectivity index (χ2n) is 7.59. The van der Waals surface area contributed by atoms with Gasteiger partial charge < -0.3 is 4.42 Å². The van der Waals surface area contributed by atoms with E-state index in [4.69, 9.17) is 9.68 Å². The summed E-state index contributed by atoms with van der Waals surface area (Å²) in [7, 11) is 0. The number of aromatic nitrogens is 2. The quantitative estimate of drug-likeness (QED) is 0.206. The SMILES string of the molecule is N#Cc1cccc(C(=O)/C=C/c2cn(-c3ccccc3)nc2-c2cc3ccccc3oc2=O)c1. The summed E-state index contributed by atoms with van der Waals surface area (Å²) in [6.45, 7) is 0. The molecule has 162 valence electrons. The van der Waals surface area contributed by atoms with Crippen LogP contribution in [0.3, 0.4) is 0 Å². The number of carbonyl (C=O) groups excluding carboxylic acids is 1. The van der Waals surface area contributed by atoms with E-state index in [2.05, 4.69) is 5.10 Å². The molecular formula is C28H17N3O3. The third-order valence-electron chi connectivity index (χ3n) is 5.35. The van der Waals surface area contributed by atoms with Crippen molar-refractivity contribution in [3.05, 3.63) is 124 Å². The largest absolute Gasteiger partial charge is 0.422 e. The number of fused-ring (bicyclic) bond motifs is 1. The van der Waals surface area contributed by atoms with Gasteiger partial charge in [0.25, 0.3) is 0 Å². The van der Waals surface area contributed by atoms with Gasteiger partial charge in [0.2, 0.25) is 0 Å². The molecule has 34 heavy (non-hydrogen) atoms. The average molecular weight is 443 g/mol. The van der Waals surface area contributed by atoms with E-state index < -0.39 is 5.63 Å². The zero-order valence-corrected chi connectivity index (χ0v) is 17.9. The molecule has 0 saturated carbocycles. The molecule has 0 unspecified atom stereocenters. The molecule has 0 aliphatic heterocycles. The maximum absolute atomic E-state index is 12.8. The Morgan fingerprint density at radius 3 is 2.59 bits per heavy atom. The van der Waals surface area contributed by atoms with Crippen LogP contribution in [0.5, 0.6) is 0 Å². The summed E-state index contributed by atoms with van der Waals surface area (Å²) in [4.78, 5) is 25.6. The van der Waals surface area contributed by atoms with E-state index in [1.165, 1.54) is 6.08 Å². The van der Waals surface area contributed by atoms with Gasteiger partial charge in [-0.25, -0.2) is 9.48 Å². The molecule has 0 saturated heterocycles. The molecule has 0 bridgehead atoms. The Labute approximate surface area is 194 Å². The van der Waals surface area contributed by atoms with Crippen LogP contribution in [-0.2, 0) is 0 Å². The standard InChI is InChI=1S/C28H17N3O3/c29-17-19-7-6-9-20(15-19)25(32)14-13-22-18-31(23-10-2-1-3-11-23)30-27(22)24-16-21-8-4-5-12-26(21)34-28(24)33/h1-16,18H/b14-13+. The van der Waals surface area contributed by atoms with Crippen molar-refractivity contribution in [3.63, 3.8) is 0 Å². The molecule has 0 aliphatic carbocycles. The smallest absolute Gasteiger partial charge is 0.345 e. The number of ketones is 1. The monoisotopic (exact) mass is 443 g/mol. The zero-order valence-electron chi connectivity index (χ0n) is 17.9. The van der Waals surface area contributed by atoms with Gasteiger partial charge >= 0.3 is 5.63 Å². The number of nitrogens with zero attached hydrogens (tertiary/aromatic N) is 3. The van der Waals surface area contributed by atoms with Crippen molar-refractivity contribution in [1.29, 1.82) is 5.26 Å². The van der Waals surface area contributed by atoms with E-state index in [0.717, 1.165) is 11.1 Å². The fourth-order valence-electron chi connectivity index (χ4n) is 3.66. The third kappa shape index (κ3) is 4.06. The molecule has 3 aromatic carbocycles. The fraction of sp³-hybridized carbons (Fsp3) is 0. The summed E-state index contributed by atoms with van der Waals surface area (Å²) in [6.07, 6.45) is 4.79.